The molecular weight excluding hydrogens is 450 g/mol. The number of nitrogens with one attached hydrogen (secondary N) is 1. The van der Waals surface area contributed by atoms with Crippen molar-refractivity contribution in [2.75, 3.05) is 26.2 Å². The normalized spacial score (nSPS) is 22.1. The summed E-state index contributed by atoms with van der Waals surface area (Å²) in [6.45, 7) is 2.49. The molecule has 0 aromatic heterocycles. The zero-order valence-corrected chi connectivity index (χ0v) is 18.9. The van der Waals surface area contributed by atoms with Gasteiger partial charge in [0.25, 0.3) is 0 Å². The molecule has 1 atom stereocenters. The molecule has 0 bridgehead atoms. The van der Waals surface area contributed by atoms with Crippen LogP contribution in [0.5, 0.6) is 0 Å². The standard InChI is InChI=1S/C25H29F4N3O2/c26-20-6-1-18(2-7-20)3-10-22(33)31-14-11-24(12-15-31)13-16-32(17-24)23(34)30-21-8-4-19(5-9-21)25(27,28)29/h1-2,4-8,21H,3,9-17H2,(H,30,34). The van der Waals surface area contributed by atoms with E-state index in [-0.39, 0.29) is 29.6 Å². The Balaban J connectivity index is 1.21. The van der Waals surface area contributed by atoms with E-state index in [2.05, 4.69) is 5.32 Å². The Morgan fingerprint density at radius 2 is 1.68 bits per heavy atom. The maximum Gasteiger partial charge on any atom is 0.416 e. The van der Waals surface area contributed by atoms with Gasteiger partial charge in [0.1, 0.15) is 5.82 Å². The summed E-state index contributed by atoms with van der Waals surface area (Å²) in [5.41, 5.74) is 0.229. The summed E-state index contributed by atoms with van der Waals surface area (Å²) in [5.74, 6) is -0.208. The van der Waals surface area contributed by atoms with Crippen LogP contribution < -0.4 is 5.32 Å². The van der Waals surface area contributed by atoms with E-state index in [1.165, 1.54) is 18.2 Å². The zero-order valence-electron chi connectivity index (χ0n) is 18.9. The first-order valence-electron chi connectivity index (χ1n) is 11.7. The van der Waals surface area contributed by atoms with Crippen molar-refractivity contribution < 1.29 is 27.2 Å². The quantitative estimate of drug-likeness (QED) is 0.642. The number of urea groups is 1. The van der Waals surface area contributed by atoms with Gasteiger partial charge in [0, 0.05) is 32.6 Å². The molecular formula is C25H29F4N3O2. The number of likely N-dealkylation sites (tertiary alicyclic amines) is 2. The lowest BCUT2D eigenvalue weighted by Crippen LogP contribution is -2.47. The lowest BCUT2D eigenvalue weighted by Gasteiger charge is -2.39. The molecule has 2 saturated heterocycles. The fraction of sp³-hybridized carbons (Fsp3) is 0.520. The number of allylic oxidation sites excluding steroid dienone is 2. The van der Waals surface area contributed by atoms with E-state index in [9.17, 15) is 27.2 Å². The number of carbonyl (C=O) groups is 2. The predicted molar refractivity (Wildman–Crippen MR) is 119 cm³/mol. The smallest absolute Gasteiger partial charge is 0.343 e. The molecule has 2 fully saturated rings. The summed E-state index contributed by atoms with van der Waals surface area (Å²) >= 11 is 0. The van der Waals surface area contributed by atoms with Gasteiger partial charge in [-0.1, -0.05) is 30.4 Å². The molecule has 34 heavy (non-hydrogen) atoms. The summed E-state index contributed by atoms with van der Waals surface area (Å²) in [4.78, 5) is 28.9. The van der Waals surface area contributed by atoms with Crippen LogP contribution in [0.3, 0.4) is 0 Å². The minimum atomic E-state index is -4.37. The topological polar surface area (TPSA) is 52.7 Å². The number of rotatable bonds is 4. The monoisotopic (exact) mass is 479 g/mol. The van der Waals surface area contributed by atoms with Crippen LogP contribution in [0, 0.1) is 11.2 Å². The fourth-order valence-corrected chi connectivity index (χ4v) is 5.00. The molecule has 184 valence electrons. The average Bonchev–Trinajstić information content (AvgIpc) is 3.22. The van der Waals surface area contributed by atoms with E-state index < -0.39 is 17.8 Å². The van der Waals surface area contributed by atoms with Crippen molar-refractivity contribution in [1.29, 1.82) is 0 Å². The summed E-state index contributed by atoms with van der Waals surface area (Å²) in [6.07, 6.45) is 2.72. The van der Waals surface area contributed by atoms with Crippen LogP contribution in [0.2, 0.25) is 0 Å². The molecule has 1 aliphatic carbocycles. The van der Waals surface area contributed by atoms with Crippen LogP contribution in [0.1, 0.15) is 37.7 Å². The lowest BCUT2D eigenvalue weighted by molar-refractivity contribution is -0.133. The van der Waals surface area contributed by atoms with Gasteiger partial charge in [-0.15, -0.1) is 0 Å². The largest absolute Gasteiger partial charge is 0.416 e. The summed E-state index contributed by atoms with van der Waals surface area (Å²) in [5, 5.41) is 2.82. The fourth-order valence-electron chi connectivity index (χ4n) is 5.00. The number of benzene rings is 1. The van der Waals surface area contributed by atoms with Crippen molar-refractivity contribution >= 4 is 11.9 Å². The van der Waals surface area contributed by atoms with Gasteiger partial charge in [-0.05, 0) is 55.2 Å². The number of halogens is 4. The molecule has 0 saturated carbocycles. The van der Waals surface area contributed by atoms with Crippen LogP contribution in [0.25, 0.3) is 0 Å². The summed E-state index contributed by atoms with van der Waals surface area (Å²) in [7, 11) is 0. The van der Waals surface area contributed by atoms with Crippen LogP contribution in [-0.4, -0.2) is 60.1 Å². The second kappa shape index (κ2) is 9.80. The van der Waals surface area contributed by atoms with Gasteiger partial charge in [-0.25, -0.2) is 9.18 Å². The number of hydrogen-bond donors (Lipinski definition) is 1. The predicted octanol–water partition coefficient (Wildman–Crippen LogP) is 4.60. The zero-order chi connectivity index (χ0) is 24.3. The molecule has 1 aromatic carbocycles. The van der Waals surface area contributed by atoms with E-state index in [1.54, 1.807) is 17.0 Å². The van der Waals surface area contributed by atoms with E-state index in [4.69, 9.17) is 0 Å². The summed E-state index contributed by atoms with van der Waals surface area (Å²) < 4.78 is 51.2. The number of amides is 3. The average molecular weight is 480 g/mol. The van der Waals surface area contributed by atoms with Crippen LogP contribution in [0.15, 0.2) is 48.1 Å². The molecule has 4 rings (SSSR count). The summed E-state index contributed by atoms with van der Waals surface area (Å²) in [6, 6.07) is 5.48. The number of piperidine rings is 1. The molecule has 1 spiro atoms. The number of hydrogen-bond acceptors (Lipinski definition) is 2. The van der Waals surface area contributed by atoms with E-state index in [0.29, 0.717) is 39.0 Å². The minimum absolute atomic E-state index is 0.0170. The van der Waals surface area contributed by atoms with Crippen molar-refractivity contribution in [2.45, 2.75) is 50.7 Å². The van der Waals surface area contributed by atoms with Crippen molar-refractivity contribution in [1.82, 2.24) is 15.1 Å². The highest BCUT2D eigenvalue weighted by Crippen LogP contribution is 2.40. The second-order valence-corrected chi connectivity index (χ2v) is 9.49. The number of aryl methyl sites for hydroxylation is 1. The Hall–Kier alpha value is -2.84. The third kappa shape index (κ3) is 5.80. The lowest BCUT2D eigenvalue weighted by atomic mass is 9.77. The second-order valence-electron chi connectivity index (χ2n) is 9.49. The van der Waals surface area contributed by atoms with E-state index >= 15 is 0 Å². The molecule has 1 N–H and O–H groups in total. The highest BCUT2D eigenvalue weighted by atomic mass is 19.4. The molecule has 1 unspecified atom stereocenters. The van der Waals surface area contributed by atoms with Crippen LogP contribution >= 0.6 is 0 Å². The van der Waals surface area contributed by atoms with E-state index in [0.717, 1.165) is 37.0 Å². The third-order valence-corrected chi connectivity index (χ3v) is 7.18. The molecule has 2 heterocycles. The van der Waals surface area contributed by atoms with Crippen molar-refractivity contribution in [3.05, 3.63) is 59.4 Å². The Bertz CT molecular complexity index is 963. The number of alkyl halides is 3. The van der Waals surface area contributed by atoms with Crippen molar-refractivity contribution in [3.8, 4) is 0 Å². The SMILES string of the molecule is O=C(CCc1ccc(F)cc1)N1CCC2(CC1)CCN(C(=O)NC1C=CC(C(F)(F)F)=CC1)C2. The molecule has 0 radical (unpaired) electrons. The molecule has 1 aromatic rings. The van der Waals surface area contributed by atoms with Gasteiger partial charge in [0.15, 0.2) is 0 Å². The van der Waals surface area contributed by atoms with Gasteiger partial charge >= 0.3 is 12.2 Å². The number of nitrogens with zero attached hydrogens (tertiary/aromatic N) is 2. The minimum Gasteiger partial charge on any atom is -0.343 e. The Morgan fingerprint density at radius 3 is 2.26 bits per heavy atom. The third-order valence-electron chi connectivity index (χ3n) is 7.18. The molecule has 2 aliphatic heterocycles. The van der Waals surface area contributed by atoms with Gasteiger partial charge in [0.2, 0.25) is 5.91 Å². The molecule has 3 amide bonds. The highest BCUT2D eigenvalue weighted by Gasteiger charge is 2.43. The van der Waals surface area contributed by atoms with Gasteiger partial charge in [-0.2, -0.15) is 13.2 Å². The van der Waals surface area contributed by atoms with Crippen LogP contribution in [0.4, 0.5) is 22.4 Å². The first-order valence-corrected chi connectivity index (χ1v) is 11.7. The van der Waals surface area contributed by atoms with Gasteiger partial charge < -0.3 is 15.1 Å². The molecule has 9 heteroatoms. The van der Waals surface area contributed by atoms with Crippen molar-refractivity contribution in [2.24, 2.45) is 5.41 Å². The first kappa shape index (κ1) is 24.3. The molecule has 3 aliphatic rings. The van der Waals surface area contributed by atoms with E-state index in [1.807, 2.05) is 4.90 Å². The Kier molecular flexibility index (Phi) is 7.00. The highest BCUT2D eigenvalue weighted by molar-refractivity contribution is 5.77. The van der Waals surface area contributed by atoms with Gasteiger partial charge in [0.05, 0.1) is 11.6 Å². The Labute approximate surface area is 196 Å². The maximum absolute atomic E-state index is 13.0. The van der Waals surface area contributed by atoms with Crippen LogP contribution in [-0.2, 0) is 11.2 Å². The molecule has 5 nitrogen and oxygen atoms in total. The maximum atomic E-state index is 13.0. The van der Waals surface area contributed by atoms with Crippen molar-refractivity contribution in [3.63, 3.8) is 0 Å². The number of carbonyl (C=O) groups excluding carboxylic acids is 2. The van der Waals surface area contributed by atoms with Gasteiger partial charge in [-0.3, -0.25) is 4.79 Å². The first-order chi connectivity index (χ1) is 16.1. The Morgan fingerprint density at radius 1 is 1.03 bits per heavy atom.